The van der Waals surface area contributed by atoms with Crippen LogP contribution in [0.3, 0.4) is 0 Å². The summed E-state index contributed by atoms with van der Waals surface area (Å²) in [5.74, 6) is 0.850. The van der Waals surface area contributed by atoms with Crippen LogP contribution in [0.25, 0.3) is 0 Å². The minimum absolute atomic E-state index is 0.281. The van der Waals surface area contributed by atoms with Gasteiger partial charge in [-0.2, -0.15) is 0 Å². The van der Waals surface area contributed by atoms with Crippen molar-refractivity contribution >= 4 is 28.9 Å². The number of benzene rings is 1. The molecule has 0 saturated heterocycles. The minimum Gasteiger partial charge on any atom is -0.437 e. The van der Waals surface area contributed by atoms with Gasteiger partial charge in [-0.05, 0) is 30.7 Å². The van der Waals surface area contributed by atoms with Gasteiger partial charge in [-0.15, -0.1) is 0 Å². The number of pyridine rings is 1. The molecule has 17 heavy (non-hydrogen) atoms. The lowest BCUT2D eigenvalue weighted by Gasteiger charge is -2.08. The highest BCUT2D eigenvalue weighted by molar-refractivity contribution is 6.32. The summed E-state index contributed by atoms with van der Waals surface area (Å²) in [7, 11) is 0. The summed E-state index contributed by atoms with van der Waals surface area (Å²) in [6.07, 6.45) is 0. The van der Waals surface area contributed by atoms with E-state index in [4.69, 9.17) is 33.7 Å². The number of hydrogen-bond acceptors (Lipinski definition) is 3. The molecule has 0 bridgehead atoms. The van der Waals surface area contributed by atoms with Crippen LogP contribution >= 0.6 is 23.2 Å². The average molecular weight is 269 g/mol. The number of nitrogens with zero attached hydrogens (tertiary/aromatic N) is 1. The molecule has 2 N–H and O–H groups in total. The van der Waals surface area contributed by atoms with Crippen molar-refractivity contribution < 1.29 is 4.74 Å². The third-order valence-corrected chi connectivity index (χ3v) is 2.60. The van der Waals surface area contributed by atoms with Gasteiger partial charge in [0.05, 0.1) is 5.02 Å². The molecule has 0 fully saturated rings. The van der Waals surface area contributed by atoms with Crippen LogP contribution in [0.4, 0.5) is 5.69 Å². The summed E-state index contributed by atoms with van der Waals surface area (Å²) in [4.78, 5) is 4.00. The first kappa shape index (κ1) is 12.0. The fraction of sp³-hybridized carbons (Fsp3) is 0.0833. The first-order valence-electron chi connectivity index (χ1n) is 4.91. The van der Waals surface area contributed by atoms with Crippen LogP contribution in [0.2, 0.25) is 10.2 Å². The Hall–Kier alpha value is -1.45. The molecule has 0 amide bonds. The molecule has 1 aromatic heterocycles. The van der Waals surface area contributed by atoms with E-state index in [2.05, 4.69) is 4.98 Å². The fourth-order valence-corrected chi connectivity index (χ4v) is 1.71. The van der Waals surface area contributed by atoms with E-state index in [1.54, 1.807) is 18.2 Å². The van der Waals surface area contributed by atoms with Gasteiger partial charge in [-0.25, -0.2) is 4.98 Å². The SMILES string of the molecule is Cc1ccc(Cl)c(Oc2cc(N)cc(Cl)n2)c1. The van der Waals surface area contributed by atoms with E-state index in [9.17, 15) is 0 Å². The largest absolute Gasteiger partial charge is 0.437 e. The van der Waals surface area contributed by atoms with Gasteiger partial charge in [0.1, 0.15) is 10.9 Å². The van der Waals surface area contributed by atoms with Crippen molar-refractivity contribution in [1.29, 1.82) is 0 Å². The number of ether oxygens (including phenoxy) is 1. The van der Waals surface area contributed by atoms with Crippen LogP contribution in [-0.4, -0.2) is 4.98 Å². The molecule has 2 rings (SSSR count). The molecule has 0 spiro atoms. The monoisotopic (exact) mass is 268 g/mol. The maximum atomic E-state index is 6.01. The lowest BCUT2D eigenvalue weighted by molar-refractivity contribution is 0.463. The van der Waals surface area contributed by atoms with E-state index in [0.29, 0.717) is 22.3 Å². The zero-order chi connectivity index (χ0) is 12.4. The van der Waals surface area contributed by atoms with Gasteiger partial charge in [0.2, 0.25) is 5.88 Å². The summed E-state index contributed by atoms with van der Waals surface area (Å²) in [6.45, 7) is 1.95. The Balaban J connectivity index is 2.34. The smallest absolute Gasteiger partial charge is 0.222 e. The molecule has 1 aromatic carbocycles. The predicted octanol–water partition coefficient (Wildman–Crippen LogP) is 4.07. The van der Waals surface area contributed by atoms with Crippen LogP contribution in [0.1, 0.15) is 5.56 Å². The second kappa shape index (κ2) is 4.82. The molecule has 0 aliphatic rings. The molecule has 5 heteroatoms. The Morgan fingerprint density at radius 2 is 1.94 bits per heavy atom. The van der Waals surface area contributed by atoms with E-state index < -0.39 is 0 Å². The van der Waals surface area contributed by atoms with Gasteiger partial charge >= 0.3 is 0 Å². The van der Waals surface area contributed by atoms with E-state index in [1.165, 1.54) is 0 Å². The number of anilines is 1. The number of hydrogen-bond donors (Lipinski definition) is 1. The molecule has 1 heterocycles. The average Bonchev–Trinajstić information content (AvgIpc) is 2.22. The number of aryl methyl sites for hydroxylation is 1. The van der Waals surface area contributed by atoms with Crippen molar-refractivity contribution in [1.82, 2.24) is 4.98 Å². The summed E-state index contributed by atoms with van der Waals surface area (Å²) >= 11 is 11.8. The third-order valence-electron chi connectivity index (χ3n) is 2.09. The van der Waals surface area contributed by atoms with Crippen LogP contribution in [-0.2, 0) is 0 Å². The van der Waals surface area contributed by atoms with E-state index in [0.717, 1.165) is 5.56 Å². The first-order chi connectivity index (χ1) is 8.04. The lowest BCUT2D eigenvalue weighted by atomic mass is 10.2. The van der Waals surface area contributed by atoms with E-state index >= 15 is 0 Å². The highest BCUT2D eigenvalue weighted by Gasteiger charge is 2.06. The quantitative estimate of drug-likeness (QED) is 0.836. The summed E-state index contributed by atoms with van der Waals surface area (Å²) in [6, 6.07) is 8.62. The Bertz CT molecular complexity index is 538. The molecule has 0 saturated carbocycles. The van der Waals surface area contributed by atoms with Crippen molar-refractivity contribution in [3.05, 3.63) is 46.1 Å². The lowest BCUT2D eigenvalue weighted by Crippen LogP contribution is -1.92. The minimum atomic E-state index is 0.281. The standard InChI is InChI=1S/C12H10Cl2N2O/c1-7-2-3-9(13)10(4-7)17-12-6-8(15)5-11(14)16-12/h2-6H,1H3,(H2,15,16). The van der Waals surface area contributed by atoms with Crippen molar-refractivity contribution in [2.45, 2.75) is 6.92 Å². The molecule has 0 atom stereocenters. The summed E-state index contributed by atoms with van der Waals surface area (Å²) in [5.41, 5.74) is 7.17. The van der Waals surface area contributed by atoms with Gasteiger partial charge in [0, 0.05) is 11.8 Å². The van der Waals surface area contributed by atoms with Crippen LogP contribution in [0.15, 0.2) is 30.3 Å². The fourth-order valence-electron chi connectivity index (χ4n) is 1.35. The van der Waals surface area contributed by atoms with Crippen LogP contribution < -0.4 is 10.5 Å². The Labute approximate surface area is 109 Å². The highest BCUT2D eigenvalue weighted by Crippen LogP contribution is 2.30. The maximum absolute atomic E-state index is 6.01. The summed E-state index contributed by atoms with van der Waals surface area (Å²) in [5, 5.41) is 0.791. The Morgan fingerprint density at radius 1 is 1.18 bits per heavy atom. The van der Waals surface area contributed by atoms with Gasteiger partial charge in [0.25, 0.3) is 0 Å². The van der Waals surface area contributed by atoms with E-state index in [-0.39, 0.29) is 5.15 Å². The van der Waals surface area contributed by atoms with Crippen LogP contribution in [0.5, 0.6) is 11.6 Å². The third kappa shape index (κ3) is 3.02. The second-order valence-corrected chi connectivity index (χ2v) is 4.39. The highest BCUT2D eigenvalue weighted by atomic mass is 35.5. The Morgan fingerprint density at radius 3 is 2.65 bits per heavy atom. The van der Waals surface area contributed by atoms with Crippen molar-refractivity contribution in [3.8, 4) is 11.6 Å². The van der Waals surface area contributed by atoms with Crippen molar-refractivity contribution in [2.75, 3.05) is 5.73 Å². The number of rotatable bonds is 2. The van der Waals surface area contributed by atoms with Gasteiger partial charge < -0.3 is 10.5 Å². The normalized spacial score (nSPS) is 10.3. The molecule has 0 radical (unpaired) electrons. The number of aromatic nitrogens is 1. The topological polar surface area (TPSA) is 48.1 Å². The zero-order valence-electron chi connectivity index (χ0n) is 9.08. The number of halogens is 2. The van der Waals surface area contributed by atoms with Crippen LogP contribution in [0, 0.1) is 6.92 Å². The molecule has 88 valence electrons. The predicted molar refractivity (Wildman–Crippen MR) is 69.9 cm³/mol. The zero-order valence-corrected chi connectivity index (χ0v) is 10.6. The van der Waals surface area contributed by atoms with E-state index in [1.807, 2.05) is 19.1 Å². The molecule has 0 aliphatic carbocycles. The van der Waals surface area contributed by atoms with Gasteiger partial charge in [-0.3, -0.25) is 0 Å². The van der Waals surface area contributed by atoms with Gasteiger partial charge in [0.15, 0.2) is 0 Å². The van der Waals surface area contributed by atoms with Gasteiger partial charge in [-0.1, -0.05) is 29.3 Å². The van der Waals surface area contributed by atoms with Crippen molar-refractivity contribution in [2.24, 2.45) is 0 Å². The number of nitrogen functional groups attached to an aromatic ring is 1. The molecule has 0 aliphatic heterocycles. The van der Waals surface area contributed by atoms with Crippen molar-refractivity contribution in [3.63, 3.8) is 0 Å². The number of nitrogens with two attached hydrogens (primary N) is 1. The first-order valence-corrected chi connectivity index (χ1v) is 5.67. The molecule has 0 unspecified atom stereocenters. The maximum Gasteiger partial charge on any atom is 0.222 e. The Kier molecular flexibility index (Phi) is 3.41. The molecular formula is C12H10Cl2N2O. The summed E-state index contributed by atoms with van der Waals surface area (Å²) < 4.78 is 5.54. The molecule has 3 nitrogen and oxygen atoms in total. The second-order valence-electron chi connectivity index (χ2n) is 3.60. The molecular weight excluding hydrogens is 259 g/mol. The molecule has 2 aromatic rings.